The van der Waals surface area contributed by atoms with Gasteiger partial charge in [0.25, 0.3) is 5.91 Å². The average molecular weight is 394 g/mol. The first-order valence-electron chi connectivity index (χ1n) is 9.13. The van der Waals surface area contributed by atoms with Gasteiger partial charge in [0, 0.05) is 48.6 Å². The molecule has 1 aliphatic heterocycles. The summed E-state index contributed by atoms with van der Waals surface area (Å²) in [6.45, 7) is 2.93. The van der Waals surface area contributed by atoms with Crippen LogP contribution in [0.1, 0.15) is 10.5 Å². The third-order valence-corrected chi connectivity index (χ3v) is 4.94. The number of halogens is 1. The second-order valence-electron chi connectivity index (χ2n) is 6.54. The Morgan fingerprint density at radius 1 is 0.929 bits per heavy atom. The molecule has 7 heteroatoms. The number of hydrogen-bond acceptors (Lipinski definition) is 5. The van der Waals surface area contributed by atoms with E-state index in [-0.39, 0.29) is 5.91 Å². The summed E-state index contributed by atoms with van der Waals surface area (Å²) in [6.07, 6.45) is 1.41. The van der Waals surface area contributed by atoms with Crippen molar-refractivity contribution in [3.05, 3.63) is 77.7 Å². The van der Waals surface area contributed by atoms with Gasteiger partial charge in [0.1, 0.15) is 17.8 Å². The standard InChI is InChI=1S/C21H20ClN5O/c22-16-6-8-17(9-7-16)25-20-14-19(23-15-24-20)21(28)27-12-10-26(11-13-27)18-4-2-1-3-5-18/h1-9,14-15H,10-13H2,(H,23,24,25). The molecule has 0 aliphatic carbocycles. The van der Waals surface area contributed by atoms with Crippen molar-refractivity contribution in [3.63, 3.8) is 0 Å². The van der Waals surface area contributed by atoms with Crippen LogP contribution < -0.4 is 10.2 Å². The van der Waals surface area contributed by atoms with E-state index in [9.17, 15) is 4.79 Å². The van der Waals surface area contributed by atoms with Crippen LogP contribution in [-0.4, -0.2) is 47.0 Å². The molecule has 3 aromatic rings. The Morgan fingerprint density at radius 2 is 1.64 bits per heavy atom. The van der Waals surface area contributed by atoms with E-state index in [1.54, 1.807) is 18.2 Å². The van der Waals surface area contributed by atoms with E-state index >= 15 is 0 Å². The third kappa shape index (κ3) is 4.23. The first-order valence-corrected chi connectivity index (χ1v) is 9.51. The molecule has 1 aliphatic rings. The highest BCUT2D eigenvalue weighted by Gasteiger charge is 2.23. The normalized spacial score (nSPS) is 14.0. The summed E-state index contributed by atoms with van der Waals surface area (Å²) in [7, 11) is 0. The van der Waals surface area contributed by atoms with Crippen LogP contribution >= 0.6 is 11.6 Å². The van der Waals surface area contributed by atoms with E-state index in [0.717, 1.165) is 18.8 Å². The smallest absolute Gasteiger partial charge is 0.272 e. The number of benzene rings is 2. The molecule has 1 fully saturated rings. The first-order chi connectivity index (χ1) is 13.7. The number of nitrogens with zero attached hydrogens (tertiary/aromatic N) is 4. The van der Waals surface area contributed by atoms with E-state index in [2.05, 4.69) is 32.3 Å². The highest BCUT2D eigenvalue weighted by Crippen LogP contribution is 2.19. The summed E-state index contributed by atoms with van der Waals surface area (Å²) in [5.74, 6) is 0.498. The zero-order valence-electron chi connectivity index (χ0n) is 15.3. The van der Waals surface area contributed by atoms with Gasteiger partial charge in [0.15, 0.2) is 0 Å². The quantitative estimate of drug-likeness (QED) is 0.729. The van der Waals surface area contributed by atoms with Crippen molar-refractivity contribution in [1.82, 2.24) is 14.9 Å². The summed E-state index contributed by atoms with van der Waals surface area (Å²) >= 11 is 5.91. The molecule has 0 radical (unpaired) electrons. The molecule has 0 bridgehead atoms. The molecular weight excluding hydrogens is 374 g/mol. The number of para-hydroxylation sites is 1. The Hall–Kier alpha value is -3.12. The Bertz CT molecular complexity index is 941. The predicted molar refractivity (Wildman–Crippen MR) is 111 cm³/mol. The van der Waals surface area contributed by atoms with Crippen molar-refractivity contribution in [2.24, 2.45) is 0 Å². The van der Waals surface area contributed by atoms with Gasteiger partial charge in [-0.05, 0) is 36.4 Å². The van der Waals surface area contributed by atoms with Gasteiger partial charge in [-0.25, -0.2) is 9.97 Å². The van der Waals surface area contributed by atoms with E-state index in [0.29, 0.717) is 29.6 Å². The summed E-state index contributed by atoms with van der Waals surface area (Å²) < 4.78 is 0. The van der Waals surface area contributed by atoms with E-state index in [4.69, 9.17) is 11.6 Å². The number of amides is 1. The van der Waals surface area contributed by atoms with Crippen LogP contribution in [-0.2, 0) is 0 Å². The van der Waals surface area contributed by atoms with Crippen LogP contribution in [0.4, 0.5) is 17.2 Å². The number of anilines is 3. The fraction of sp³-hybridized carbons (Fsp3) is 0.190. The summed E-state index contributed by atoms with van der Waals surface area (Å²) in [4.78, 5) is 25.4. The molecule has 1 saturated heterocycles. The maximum Gasteiger partial charge on any atom is 0.272 e. The van der Waals surface area contributed by atoms with E-state index in [1.165, 1.54) is 12.0 Å². The molecule has 1 N–H and O–H groups in total. The Labute approximate surface area is 168 Å². The van der Waals surface area contributed by atoms with Crippen LogP contribution in [0, 0.1) is 0 Å². The van der Waals surface area contributed by atoms with Crippen molar-refractivity contribution in [3.8, 4) is 0 Å². The Kier molecular flexibility index (Phi) is 5.39. The minimum Gasteiger partial charge on any atom is -0.368 e. The molecule has 2 aromatic carbocycles. The number of piperazine rings is 1. The molecule has 1 amide bonds. The van der Waals surface area contributed by atoms with Gasteiger partial charge in [0.05, 0.1) is 0 Å². The molecule has 0 atom stereocenters. The second-order valence-corrected chi connectivity index (χ2v) is 6.97. The number of carbonyl (C=O) groups excluding carboxylic acids is 1. The molecule has 142 valence electrons. The van der Waals surface area contributed by atoms with Gasteiger partial charge in [-0.1, -0.05) is 29.8 Å². The molecule has 0 unspecified atom stereocenters. The zero-order valence-corrected chi connectivity index (χ0v) is 16.0. The molecule has 0 spiro atoms. The minimum atomic E-state index is -0.0748. The van der Waals surface area contributed by atoms with Crippen molar-refractivity contribution < 1.29 is 4.79 Å². The maximum atomic E-state index is 12.9. The lowest BCUT2D eigenvalue weighted by molar-refractivity contribution is 0.0740. The second kappa shape index (κ2) is 8.27. The Balaban J connectivity index is 1.40. The van der Waals surface area contributed by atoms with Gasteiger partial charge >= 0.3 is 0 Å². The molecule has 1 aromatic heterocycles. The molecule has 28 heavy (non-hydrogen) atoms. The highest BCUT2D eigenvalue weighted by molar-refractivity contribution is 6.30. The van der Waals surface area contributed by atoms with Crippen molar-refractivity contribution in [2.75, 3.05) is 36.4 Å². The molecular formula is C21H20ClN5O. The largest absolute Gasteiger partial charge is 0.368 e. The predicted octanol–water partition coefficient (Wildman–Crippen LogP) is 3.84. The fourth-order valence-electron chi connectivity index (χ4n) is 3.19. The van der Waals surface area contributed by atoms with E-state index < -0.39 is 0 Å². The van der Waals surface area contributed by atoms with Crippen molar-refractivity contribution in [1.29, 1.82) is 0 Å². The van der Waals surface area contributed by atoms with Gasteiger partial charge < -0.3 is 15.1 Å². The van der Waals surface area contributed by atoms with Gasteiger partial charge in [-0.15, -0.1) is 0 Å². The summed E-state index contributed by atoms with van der Waals surface area (Å²) in [6, 6.07) is 19.2. The monoisotopic (exact) mass is 393 g/mol. The summed E-state index contributed by atoms with van der Waals surface area (Å²) in [5.41, 5.74) is 2.42. The van der Waals surface area contributed by atoms with Crippen LogP contribution in [0.25, 0.3) is 0 Å². The fourth-order valence-corrected chi connectivity index (χ4v) is 3.32. The lowest BCUT2D eigenvalue weighted by Gasteiger charge is -2.36. The molecule has 2 heterocycles. The number of aromatic nitrogens is 2. The van der Waals surface area contributed by atoms with Gasteiger partial charge in [-0.3, -0.25) is 4.79 Å². The highest BCUT2D eigenvalue weighted by atomic mass is 35.5. The van der Waals surface area contributed by atoms with Gasteiger partial charge in [0.2, 0.25) is 0 Å². The number of rotatable bonds is 4. The lowest BCUT2D eigenvalue weighted by atomic mass is 10.2. The Morgan fingerprint density at radius 3 is 2.36 bits per heavy atom. The molecule has 6 nitrogen and oxygen atoms in total. The average Bonchev–Trinajstić information content (AvgIpc) is 2.76. The number of hydrogen-bond donors (Lipinski definition) is 1. The molecule has 0 saturated carbocycles. The van der Waals surface area contributed by atoms with Crippen LogP contribution in [0.2, 0.25) is 5.02 Å². The third-order valence-electron chi connectivity index (χ3n) is 4.69. The zero-order chi connectivity index (χ0) is 19.3. The molecule has 4 rings (SSSR count). The minimum absolute atomic E-state index is 0.0748. The van der Waals surface area contributed by atoms with E-state index in [1.807, 2.05) is 35.2 Å². The number of carbonyl (C=O) groups is 1. The SMILES string of the molecule is O=C(c1cc(Nc2ccc(Cl)cc2)ncn1)N1CCN(c2ccccc2)CC1. The van der Waals surface area contributed by atoms with Crippen LogP contribution in [0.5, 0.6) is 0 Å². The number of nitrogens with one attached hydrogen (secondary N) is 1. The topological polar surface area (TPSA) is 61.4 Å². The van der Waals surface area contributed by atoms with Gasteiger partial charge in [-0.2, -0.15) is 0 Å². The van der Waals surface area contributed by atoms with Crippen molar-refractivity contribution >= 4 is 34.7 Å². The maximum absolute atomic E-state index is 12.9. The van der Waals surface area contributed by atoms with Crippen LogP contribution in [0.15, 0.2) is 67.0 Å². The van der Waals surface area contributed by atoms with Crippen molar-refractivity contribution in [2.45, 2.75) is 0 Å². The first kappa shape index (κ1) is 18.3. The summed E-state index contributed by atoms with van der Waals surface area (Å²) in [5, 5.41) is 3.83. The van der Waals surface area contributed by atoms with Crippen LogP contribution in [0.3, 0.4) is 0 Å². The lowest BCUT2D eigenvalue weighted by Crippen LogP contribution is -2.49.